The van der Waals surface area contributed by atoms with E-state index in [9.17, 15) is 9.59 Å². The summed E-state index contributed by atoms with van der Waals surface area (Å²) in [4.78, 5) is 23.7. The molecule has 0 aliphatic rings. The van der Waals surface area contributed by atoms with E-state index in [4.69, 9.17) is 33.3 Å². The van der Waals surface area contributed by atoms with Crippen LogP contribution in [0.3, 0.4) is 0 Å². The van der Waals surface area contributed by atoms with Crippen LogP contribution in [-0.4, -0.2) is 30.6 Å². The Kier molecular flexibility index (Phi) is 7.84. The molecule has 0 fully saturated rings. The third-order valence-corrected chi connectivity index (χ3v) is 3.80. The van der Waals surface area contributed by atoms with Gasteiger partial charge in [0.05, 0.1) is 18.6 Å². The number of methoxy groups -OCH3 is 1. The van der Waals surface area contributed by atoms with Gasteiger partial charge >= 0.3 is 0 Å². The average Bonchev–Trinajstić information content (AvgIpc) is 2.66. The fraction of sp³-hybridized carbons (Fsp3) is 0.167. The quantitative estimate of drug-likeness (QED) is 0.501. The van der Waals surface area contributed by atoms with Gasteiger partial charge in [-0.2, -0.15) is 0 Å². The molecule has 0 aliphatic carbocycles. The Balaban J connectivity index is 1.69. The second-order valence-corrected chi connectivity index (χ2v) is 6.11. The van der Waals surface area contributed by atoms with Crippen molar-refractivity contribution >= 4 is 40.7 Å². The molecule has 0 radical (unpaired) electrons. The van der Waals surface area contributed by atoms with Crippen LogP contribution in [0.2, 0.25) is 5.02 Å². The van der Waals surface area contributed by atoms with Crippen molar-refractivity contribution in [3.05, 3.63) is 59.1 Å². The second-order valence-electron chi connectivity index (χ2n) is 5.29. The maximum Gasteiger partial charge on any atom is 0.264 e. The molecule has 3 N–H and O–H groups in total. The van der Waals surface area contributed by atoms with E-state index in [2.05, 4.69) is 16.2 Å². The van der Waals surface area contributed by atoms with Gasteiger partial charge in [-0.1, -0.05) is 35.9 Å². The number of benzene rings is 2. The average molecular weight is 408 g/mol. The van der Waals surface area contributed by atoms with E-state index in [0.717, 1.165) is 5.56 Å². The Bertz CT molecular complexity index is 815. The maximum atomic E-state index is 11.9. The van der Waals surface area contributed by atoms with Crippen LogP contribution in [0.5, 0.6) is 11.5 Å². The monoisotopic (exact) mass is 407 g/mol. The smallest absolute Gasteiger partial charge is 0.264 e. The summed E-state index contributed by atoms with van der Waals surface area (Å²) in [5.41, 5.74) is 5.67. The van der Waals surface area contributed by atoms with Crippen molar-refractivity contribution < 1.29 is 19.1 Å². The fourth-order valence-electron chi connectivity index (χ4n) is 2.00. The predicted octanol–water partition coefficient (Wildman–Crippen LogP) is 1.99. The van der Waals surface area contributed by atoms with Crippen LogP contribution in [-0.2, 0) is 16.0 Å². The van der Waals surface area contributed by atoms with Crippen molar-refractivity contribution in [2.45, 2.75) is 6.42 Å². The molecule has 7 nitrogen and oxygen atoms in total. The predicted molar refractivity (Wildman–Crippen MR) is 106 cm³/mol. The minimum Gasteiger partial charge on any atom is -0.497 e. The topological polar surface area (TPSA) is 88.7 Å². The first kappa shape index (κ1) is 20.5. The van der Waals surface area contributed by atoms with Crippen molar-refractivity contribution in [1.29, 1.82) is 0 Å². The number of rotatable bonds is 6. The number of carbonyl (C=O) groups excluding carboxylic acids is 2. The van der Waals surface area contributed by atoms with E-state index in [1.165, 1.54) is 0 Å². The summed E-state index contributed by atoms with van der Waals surface area (Å²) >= 11 is 10.9. The van der Waals surface area contributed by atoms with Crippen molar-refractivity contribution in [3.63, 3.8) is 0 Å². The standard InChI is InChI=1S/C18H18ClN3O4S/c1-25-13-8-6-12(7-9-13)10-16(23)21-22-18(27)20-17(24)11-26-15-5-3-2-4-14(15)19/h2-9H,10-11H2,1H3,(H,21,23)(H2,20,22,24,27). The van der Waals surface area contributed by atoms with Gasteiger partial charge in [0.1, 0.15) is 11.5 Å². The molecule has 0 spiro atoms. The van der Waals surface area contributed by atoms with Gasteiger partial charge in [0.15, 0.2) is 11.7 Å². The number of hydrogen-bond acceptors (Lipinski definition) is 5. The zero-order valence-corrected chi connectivity index (χ0v) is 16.0. The molecule has 2 aromatic rings. The van der Waals surface area contributed by atoms with Gasteiger partial charge in [-0.15, -0.1) is 0 Å². The van der Waals surface area contributed by atoms with Crippen molar-refractivity contribution in [2.75, 3.05) is 13.7 Å². The van der Waals surface area contributed by atoms with Gasteiger partial charge in [0, 0.05) is 0 Å². The second kappa shape index (κ2) is 10.3. The van der Waals surface area contributed by atoms with Gasteiger partial charge in [0.2, 0.25) is 5.91 Å². The van der Waals surface area contributed by atoms with Gasteiger partial charge in [-0.25, -0.2) is 0 Å². The summed E-state index contributed by atoms with van der Waals surface area (Å²) < 4.78 is 10.4. The highest BCUT2D eigenvalue weighted by molar-refractivity contribution is 7.80. The highest BCUT2D eigenvalue weighted by Crippen LogP contribution is 2.22. The minimum atomic E-state index is -0.489. The number of thiocarbonyl (C=S) groups is 1. The molecular formula is C18H18ClN3O4S. The van der Waals surface area contributed by atoms with E-state index in [1.807, 2.05) is 0 Å². The fourth-order valence-corrected chi connectivity index (χ4v) is 2.35. The third kappa shape index (κ3) is 7.12. The third-order valence-electron chi connectivity index (χ3n) is 3.29. The lowest BCUT2D eigenvalue weighted by atomic mass is 10.1. The Morgan fingerprint density at radius 3 is 2.41 bits per heavy atom. The Labute approximate surface area is 167 Å². The highest BCUT2D eigenvalue weighted by Gasteiger charge is 2.09. The number of halogens is 1. The van der Waals surface area contributed by atoms with E-state index in [0.29, 0.717) is 16.5 Å². The van der Waals surface area contributed by atoms with Crippen LogP contribution in [0.4, 0.5) is 0 Å². The molecule has 0 unspecified atom stereocenters. The lowest BCUT2D eigenvalue weighted by molar-refractivity contribution is -0.122. The van der Waals surface area contributed by atoms with Gasteiger partial charge in [0.25, 0.3) is 5.91 Å². The molecule has 0 heterocycles. The number of hydrazine groups is 1. The zero-order valence-electron chi connectivity index (χ0n) is 14.5. The molecule has 2 rings (SSSR count). The SMILES string of the molecule is COc1ccc(CC(=O)NNC(=S)NC(=O)COc2ccccc2Cl)cc1. The molecule has 0 aliphatic heterocycles. The minimum absolute atomic E-state index is 0.0501. The molecule has 9 heteroatoms. The molecule has 0 saturated heterocycles. The molecule has 0 aromatic heterocycles. The number of carbonyl (C=O) groups is 2. The maximum absolute atomic E-state index is 11.9. The summed E-state index contributed by atoms with van der Waals surface area (Å²) in [6, 6.07) is 13.9. The van der Waals surface area contributed by atoms with Crippen molar-refractivity contribution in [3.8, 4) is 11.5 Å². The first-order valence-corrected chi connectivity index (χ1v) is 8.65. The molecule has 0 bridgehead atoms. The Hall–Kier alpha value is -2.84. The lowest BCUT2D eigenvalue weighted by Gasteiger charge is -2.12. The van der Waals surface area contributed by atoms with Crippen LogP contribution in [0.15, 0.2) is 48.5 Å². The van der Waals surface area contributed by atoms with Crippen LogP contribution in [0, 0.1) is 0 Å². The first-order chi connectivity index (χ1) is 13.0. The van der Waals surface area contributed by atoms with Crippen LogP contribution < -0.4 is 25.6 Å². The first-order valence-electron chi connectivity index (χ1n) is 7.87. The van der Waals surface area contributed by atoms with Crippen LogP contribution >= 0.6 is 23.8 Å². The molecular weight excluding hydrogens is 390 g/mol. The molecule has 0 atom stereocenters. The van der Waals surface area contributed by atoms with E-state index in [1.54, 1.807) is 55.6 Å². The highest BCUT2D eigenvalue weighted by atomic mass is 35.5. The normalized spacial score (nSPS) is 9.85. The van der Waals surface area contributed by atoms with Gasteiger partial charge in [-0.05, 0) is 42.0 Å². The number of ether oxygens (including phenoxy) is 2. The molecule has 2 aromatic carbocycles. The number of hydrogen-bond donors (Lipinski definition) is 3. The number of para-hydroxylation sites is 1. The molecule has 142 valence electrons. The summed E-state index contributed by atoms with van der Waals surface area (Å²) in [5.74, 6) is 0.294. The number of amides is 2. The summed E-state index contributed by atoms with van der Waals surface area (Å²) in [6.07, 6.45) is 0.142. The summed E-state index contributed by atoms with van der Waals surface area (Å²) in [6.45, 7) is -0.272. The Morgan fingerprint density at radius 1 is 1.04 bits per heavy atom. The molecule has 0 saturated carbocycles. The Morgan fingerprint density at radius 2 is 1.74 bits per heavy atom. The van der Waals surface area contributed by atoms with Gasteiger partial charge < -0.3 is 9.47 Å². The lowest BCUT2D eigenvalue weighted by Crippen LogP contribution is -2.49. The molecule has 2 amide bonds. The van der Waals surface area contributed by atoms with Gasteiger partial charge in [-0.3, -0.25) is 25.8 Å². The number of nitrogens with one attached hydrogen (secondary N) is 3. The largest absolute Gasteiger partial charge is 0.497 e. The van der Waals surface area contributed by atoms with Crippen molar-refractivity contribution in [2.24, 2.45) is 0 Å². The van der Waals surface area contributed by atoms with E-state index in [-0.39, 0.29) is 24.0 Å². The summed E-state index contributed by atoms with van der Waals surface area (Å²) in [5, 5.41) is 2.74. The van der Waals surface area contributed by atoms with E-state index < -0.39 is 5.91 Å². The molecule has 27 heavy (non-hydrogen) atoms. The van der Waals surface area contributed by atoms with Crippen LogP contribution in [0.25, 0.3) is 0 Å². The van der Waals surface area contributed by atoms with E-state index >= 15 is 0 Å². The van der Waals surface area contributed by atoms with Crippen molar-refractivity contribution in [1.82, 2.24) is 16.2 Å². The van der Waals surface area contributed by atoms with Crippen LogP contribution in [0.1, 0.15) is 5.56 Å². The summed E-state index contributed by atoms with van der Waals surface area (Å²) in [7, 11) is 1.57. The zero-order chi connectivity index (χ0) is 19.6.